The molecule has 2 amide bonds. The summed E-state index contributed by atoms with van der Waals surface area (Å²) in [7, 11) is 0. The zero-order chi connectivity index (χ0) is 22.9. The van der Waals surface area contributed by atoms with Gasteiger partial charge in [0.15, 0.2) is 0 Å². The van der Waals surface area contributed by atoms with Crippen molar-refractivity contribution in [1.29, 1.82) is 0 Å². The largest absolute Gasteiger partial charge is 0.491 e. The molecule has 0 bridgehead atoms. The first-order chi connectivity index (χ1) is 16.0. The number of azo groups is 1. The van der Waals surface area contributed by atoms with Crippen molar-refractivity contribution < 1.29 is 14.3 Å². The predicted octanol–water partition coefficient (Wildman–Crippen LogP) is 5.65. The van der Waals surface area contributed by atoms with Crippen molar-refractivity contribution in [2.45, 2.75) is 20.0 Å². The van der Waals surface area contributed by atoms with E-state index in [-0.39, 0.29) is 17.9 Å². The molecule has 0 fully saturated rings. The fourth-order valence-electron chi connectivity index (χ4n) is 3.91. The monoisotopic (exact) mass is 438 g/mol. The number of rotatable bonds is 5. The number of hydrogen-bond donors (Lipinski definition) is 2. The average molecular weight is 438 g/mol. The molecule has 0 radical (unpaired) electrons. The van der Waals surface area contributed by atoms with Gasteiger partial charge in [0.05, 0.1) is 17.7 Å². The van der Waals surface area contributed by atoms with E-state index in [2.05, 4.69) is 20.5 Å². The van der Waals surface area contributed by atoms with Crippen LogP contribution in [0.5, 0.6) is 5.75 Å². The van der Waals surface area contributed by atoms with Crippen LogP contribution in [-0.4, -0.2) is 22.9 Å². The normalized spacial score (nSPS) is 17.1. The number of H-pyrrole nitrogens is 1. The van der Waals surface area contributed by atoms with Crippen molar-refractivity contribution in [1.82, 2.24) is 4.98 Å². The van der Waals surface area contributed by atoms with E-state index in [0.717, 1.165) is 27.8 Å². The van der Waals surface area contributed by atoms with Crippen molar-refractivity contribution in [3.63, 3.8) is 0 Å². The van der Waals surface area contributed by atoms with E-state index in [9.17, 15) is 9.59 Å². The number of allylic oxidation sites excluding steroid dienone is 3. The molecule has 1 unspecified atom stereocenters. The number of amides is 2. The van der Waals surface area contributed by atoms with Gasteiger partial charge in [0, 0.05) is 28.2 Å². The molecule has 3 aromatic rings. The molecular weight excluding hydrogens is 416 g/mol. The number of benzene rings is 2. The molecule has 2 aromatic carbocycles. The summed E-state index contributed by atoms with van der Waals surface area (Å²) in [6, 6.07) is 14.9. The fraction of sp³-hybridized carbons (Fsp3) is 0.154. The molecular formula is C26H22N4O3. The molecule has 2 aliphatic rings. The summed E-state index contributed by atoms with van der Waals surface area (Å²) in [5.74, 6) is -0.144. The van der Waals surface area contributed by atoms with Gasteiger partial charge in [0.1, 0.15) is 11.4 Å². The summed E-state index contributed by atoms with van der Waals surface area (Å²) < 4.78 is 5.72. The lowest BCUT2D eigenvalue weighted by atomic mass is 9.89. The molecule has 1 aromatic heterocycles. The van der Waals surface area contributed by atoms with Gasteiger partial charge in [0.25, 0.3) is 11.8 Å². The lowest BCUT2D eigenvalue weighted by molar-refractivity contribution is -0.119. The topological polar surface area (TPSA) is 95.9 Å². The van der Waals surface area contributed by atoms with Gasteiger partial charge >= 0.3 is 0 Å². The van der Waals surface area contributed by atoms with Gasteiger partial charge in [-0.05, 0) is 49.8 Å². The average Bonchev–Trinajstić information content (AvgIpc) is 3.24. The zero-order valence-electron chi connectivity index (χ0n) is 18.2. The summed E-state index contributed by atoms with van der Waals surface area (Å²) in [4.78, 5) is 27.9. The Bertz CT molecular complexity index is 1370. The number of carbonyl (C=O) groups is 2. The minimum Gasteiger partial charge on any atom is -0.491 e. The Morgan fingerprint density at radius 1 is 1.06 bits per heavy atom. The highest BCUT2D eigenvalue weighted by molar-refractivity contribution is 6.06. The first-order valence-electron chi connectivity index (χ1n) is 10.7. The molecule has 5 rings (SSSR count). The second-order valence-corrected chi connectivity index (χ2v) is 8.19. The van der Waals surface area contributed by atoms with E-state index >= 15 is 0 Å². The molecule has 1 atom stereocenters. The maximum absolute atomic E-state index is 12.8. The maximum Gasteiger partial charge on any atom is 0.276 e. The minimum atomic E-state index is -0.393. The van der Waals surface area contributed by atoms with E-state index in [1.165, 1.54) is 0 Å². The van der Waals surface area contributed by atoms with Crippen LogP contribution < -0.4 is 10.1 Å². The highest BCUT2D eigenvalue weighted by Crippen LogP contribution is 2.34. The quantitative estimate of drug-likeness (QED) is 0.538. The summed E-state index contributed by atoms with van der Waals surface area (Å²) in [5, 5.41) is 11.7. The van der Waals surface area contributed by atoms with E-state index < -0.39 is 5.92 Å². The molecule has 0 saturated carbocycles. The number of hydrogen-bond acceptors (Lipinski definition) is 4. The first kappa shape index (κ1) is 20.6. The minimum absolute atomic E-state index is 0.0757. The number of aromatic amines is 1. The van der Waals surface area contributed by atoms with Crippen LogP contribution in [0.15, 0.2) is 88.6 Å². The van der Waals surface area contributed by atoms with Gasteiger partial charge < -0.3 is 15.0 Å². The third-order valence-electron chi connectivity index (χ3n) is 5.44. The van der Waals surface area contributed by atoms with Gasteiger partial charge in [0.2, 0.25) is 0 Å². The van der Waals surface area contributed by atoms with Crippen LogP contribution >= 0.6 is 0 Å². The summed E-state index contributed by atoms with van der Waals surface area (Å²) in [5.41, 5.74) is 4.26. The molecule has 33 heavy (non-hydrogen) atoms. The predicted molar refractivity (Wildman–Crippen MR) is 127 cm³/mol. The fourth-order valence-corrected chi connectivity index (χ4v) is 3.91. The van der Waals surface area contributed by atoms with E-state index in [1.54, 1.807) is 12.1 Å². The van der Waals surface area contributed by atoms with Crippen molar-refractivity contribution >= 4 is 34.1 Å². The summed E-state index contributed by atoms with van der Waals surface area (Å²) in [6.07, 6.45) is 7.51. The lowest BCUT2D eigenvalue weighted by Crippen LogP contribution is -2.17. The number of ether oxygens (including phenoxy) is 1. The van der Waals surface area contributed by atoms with E-state index in [1.807, 2.05) is 74.5 Å². The Morgan fingerprint density at radius 2 is 1.88 bits per heavy atom. The molecule has 2 heterocycles. The first-order valence-corrected chi connectivity index (χ1v) is 10.7. The number of nitrogens with zero attached hydrogens (tertiary/aromatic N) is 2. The van der Waals surface area contributed by atoms with Crippen molar-refractivity contribution in [3.8, 4) is 5.75 Å². The number of carbonyl (C=O) groups excluding carboxylic acids is 2. The number of anilines is 1. The molecule has 2 N–H and O–H groups in total. The van der Waals surface area contributed by atoms with Crippen molar-refractivity contribution in [2.75, 3.05) is 5.32 Å². The number of aromatic nitrogens is 1. The third-order valence-corrected chi connectivity index (χ3v) is 5.44. The van der Waals surface area contributed by atoms with Crippen molar-refractivity contribution in [3.05, 3.63) is 89.7 Å². The highest BCUT2D eigenvalue weighted by Gasteiger charge is 2.27. The second-order valence-electron chi connectivity index (χ2n) is 8.19. The smallest absolute Gasteiger partial charge is 0.276 e. The van der Waals surface area contributed by atoms with Crippen LogP contribution in [-0.2, 0) is 4.79 Å². The van der Waals surface area contributed by atoms with Gasteiger partial charge in [-0.15, -0.1) is 10.2 Å². The summed E-state index contributed by atoms with van der Waals surface area (Å²) >= 11 is 0. The van der Waals surface area contributed by atoms with Crippen LogP contribution in [0, 0.1) is 5.92 Å². The maximum atomic E-state index is 12.8. The second kappa shape index (κ2) is 8.35. The molecule has 164 valence electrons. The Hall–Kier alpha value is -4.26. The van der Waals surface area contributed by atoms with E-state index in [0.29, 0.717) is 17.1 Å². The van der Waals surface area contributed by atoms with Crippen molar-refractivity contribution in [2.24, 2.45) is 16.1 Å². The highest BCUT2D eigenvalue weighted by atomic mass is 16.5. The molecule has 0 saturated heterocycles. The Morgan fingerprint density at radius 3 is 2.67 bits per heavy atom. The number of nitrogens with one attached hydrogen (secondary N) is 2. The van der Waals surface area contributed by atoms with Crippen LogP contribution in [0.1, 0.15) is 29.9 Å². The Balaban J connectivity index is 1.34. The molecule has 1 aliphatic carbocycles. The molecule has 1 aliphatic heterocycles. The van der Waals surface area contributed by atoms with Crippen LogP contribution in [0.3, 0.4) is 0 Å². The molecule has 0 spiro atoms. The Labute approximate surface area is 190 Å². The van der Waals surface area contributed by atoms with Crippen LogP contribution in [0.4, 0.5) is 5.69 Å². The van der Waals surface area contributed by atoms with E-state index in [4.69, 9.17) is 4.74 Å². The van der Waals surface area contributed by atoms with Gasteiger partial charge in [-0.3, -0.25) is 9.59 Å². The molecule has 7 nitrogen and oxygen atoms in total. The van der Waals surface area contributed by atoms with Crippen LogP contribution in [0.2, 0.25) is 0 Å². The Kier molecular flexibility index (Phi) is 5.22. The van der Waals surface area contributed by atoms with Crippen LogP contribution in [0.25, 0.3) is 16.6 Å². The van der Waals surface area contributed by atoms with Gasteiger partial charge in [-0.25, -0.2) is 0 Å². The standard InChI is InChI=1S/C26H22N4O3/c1-15(2)33-19-12-9-17-13-23(28-22(17)14-19)26(32)27-18-10-7-16(8-11-18)24-20-5-3-4-6-21(20)25(31)30-29-24/h3-15,21,28H,1-2H3,(H,27,32). The third kappa shape index (κ3) is 4.13. The number of fused-ring (bicyclic) bond motifs is 2. The zero-order valence-corrected chi connectivity index (χ0v) is 18.2. The van der Waals surface area contributed by atoms with Gasteiger partial charge in [-0.1, -0.05) is 36.4 Å². The lowest BCUT2D eigenvalue weighted by Gasteiger charge is -2.19. The SMILES string of the molecule is CC(C)Oc1ccc2cc(C(=O)Nc3ccc(C4=C5C=CC=CC5C(=O)N=N4)cc3)[nH]c2c1. The molecule has 7 heteroatoms. The summed E-state index contributed by atoms with van der Waals surface area (Å²) in [6.45, 7) is 3.94. The van der Waals surface area contributed by atoms with Gasteiger partial charge in [-0.2, -0.15) is 0 Å².